The molecule has 29 heavy (non-hydrogen) atoms. The third kappa shape index (κ3) is 4.27. The number of carbonyl (C=O) groups is 2. The van der Waals surface area contributed by atoms with Crippen molar-refractivity contribution < 1.29 is 9.59 Å². The Balaban J connectivity index is 1.31. The Bertz CT molecular complexity index is 1140. The summed E-state index contributed by atoms with van der Waals surface area (Å²) in [5.41, 5.74) is 2.20. The molecule has 0 aliphatic carbocycles. The van der Waals surface area contributed by atoms with Crippen molar-refractivity contribution in [2.24, 2.45) is 0 Å². The van der Waals surface area contributed by atoms with E-state index in [2.05, 4.69) is 25.8 Å². The molecule has 144 valence electrons. The zero-order valence-electron chi connectivity index (χ0n) is 15.4. The molecule has 0 spiro atoms. The van der Waals surface area contributed by atoms with Crippen molar-refractivity contribution in [1.29, 1.82) is 0 Å². The maximum absolute atomic E-state index is 12.3. The highest BCUT2D eigenvalue weighted by Crippen LogP contribution is 2.11. The van der Waals surface area contributed by atoms with Gasteiger partial charge in [-0.05, 0) is 48.5 Å². The largest absolute Gasteiger partial charge is 0.352 e. The number of anilines is 1. The highest BCUT2D eigenvalue weighted by molar-refractivity contribution is 6.03. The van der Waals surface area contributed by atoms with E-state index in [0.29, 0.717) is 29.9 Å². The van der Waals surface area contributed by atoms with Crippen molar-refractivity contribution in [2.45, 2.75) is 6.42 Å². The van der Waals surface area contributed by atoms with Crippen molar-refractivity contribution in [3.8, 4) is 0 Å². The molecule has 1 aromatic carbocycles. The Labute approximate surface area is 166 Å². The van der Waals surface area contributed by atoms with Gasteiger partial charge in [0.15, 0.2) is 5.65 Å². The van der Waals surface area contributed by atoms with E-state index in [1.54, 1.807) is 48.7 Å². The van der Waals surface area contributed by atoms with Crippen LogP contribution in [0.25, 0.3) is 5.65 Å². The highest BCUT2D eigenvalue weighted by atomic mass is 16.2. The number of pyridine rings is 2. The second kappa shape index (κ2) is 8.30. The van der Waals surface area contributed by atoms with Gasteiger partial charge in [0.25, 0.3) is 11.8 Å². The summed E-state index contributed by atoms with van der Waals surface area (Å²) in [4.78, 5) is 28.5. The van der Waals surface area contributed by atoms with Crippen LogP contribution < -0.4 is 10.6 Å². The number of rotatable bonds is 6. The van der Waals surface area contributed by atoms with E-state index in [1.807, 2.05) is 28.8 Å². The lowest BCUT2D eigenvalue weighted by Crippen LogP contribution is -2.26. The first-order valence-electron chi connectivity index (χ1n) is 9.10. The van der Waals surface area contributed by atoms with Gasteiger partial charge in [-0.1, -0.05) is 12.1 Å². The molecule has 0 aliphatic rings. The van der Waals surface area contributed by atoms with Gasteiger partial charge in [0.2, 0.25) is 0 Å². The molecule has 3 aromatic heterocycles. The van der Waals surface area contributed by atoms with Crippen LogP contribution in [-0.4, -0.2) is 37.9 Å². The van der Waals surface area contributed by atoms with Gasteiger partial charge in [-0.3, -0.25) is 19.0 Å². The minimum atomic E-state index is -0.302. The number of amides is 2. The predicted octanol–water partition coefficient (Wildman–Crippen LogP) is 2.35. The van der Waals surface area contributed by atoms with Gasteiger partial charge in [0, 0.05) is 36.6 Å². The number of hydrogen-bond donors (Lipinski definition) is 2. The molecular formula is C21H18N6O2. The molecule has 0 aliphatic heterocycles. The fraction of sp³-hybridized carbons (Fsp3) is 0.0952. The topological polar surface area (TPSA) is 101 Å². The Morgan fingerprint density at radius 1 is 0.897 bits per heavy atom. The zero-order chi connectivity index (χ0) is 20.1. The van der Waals surface area contributed by atoms with Crippen LogP contribution in [-0.2, 0) is 6.42 Å². The van der Waals surface area contributed by atoms with Gasteiger partial charge in [0.1, 0.15) is 11.5 Å². The van der Waals surface area contributed by atoms with Crippen LogP contribution in [0.5, 0.6) is 0 Å². The third-order valence-electron chi connectivity index (χ3n) is 4.32. The highest BCUT2D eigenvalue weighted by Gasteiger charge is 2.10. The SMILES string of the molecule is O=C(NCCc1nnc2ccccn12)c1ccc(NC(=O)c2ccccn2)cc1. The Kier molecular flexibility index (Phi) is 5.24. The van der Waals surface area contributed by atoms with Crippen molar-refractivity contribution in [3.63, 3.8) is 0 Å². The quantitative estimate of drug-likeness (QED) is 0.530. The normalized spacial score (nSPS) is 10.6. The molecule has 0 bridgehead atoms. The van der Waals surface area contributed by atoms with E-state index in [-0.39, 0.29) is 11.8 Å². The molecule has 0 fully saturated rings. The van der Waals surface area contributed by atoms with Crippen molar-refractivity contribution in [3.05, 3.63) is 90.1 Å². The minimum absolute atomic E-state index is 0.193. The van der Waals surface area contributed by atoms with Gasteiger partial charge in [-0.15, -0.1) is 10.2 Å². The molecule has 0 unspecified atom stereocenters. The first-order valence-corrected chi connectivity index (χ1v) is 9.10. The molecule has 0 atom stereocenters. The van der Waals surface area contributed by atoms with E-state index in [1.165, 1.54) is 0 Å². The minimum Gasteiger partial charge on any atom is -0.352 e. The molecule has 8 heteroatoms. The van der Waals surface area contributed by atoms with E-state index in [4.69, 9.17) is 0 Å². The second-order valence-electron chi connectivity index (χ2n) is 6.30. The van der Waals surface area contributed by atoms with Gasteiger partial charge < -0.3 is 10.6 Å². The third-order valence-corrected chi connectivity index (χ3v) is 4.32. The molecule has 2 N–H and O–H groups in total. The fourth-order valence-corrected chi connectivity index (χ4v) is 2.85. The fourth-order valence-electron chi connectivity index (χ4n) is 2.85. The first kappa shape index (κ1) is 18.3. The van der Waals surface area contributed by atoms with Crippen LogP contribution >= 0.6 is 0 Å². The molecule has 3 heterocycles. The maximum Gasteiger partial charge on any atom is 0.274 e. The van der Waals surface area contributed by atoms with E-state index in [9.17, 15) is 9.59 Å². The number of fused-ring (bicyclic) bond motifs is 1. The average Bonchev–Trinajstić information content (AvgIpc) is 3.18. The maximum atomic E-state index is 12.3. The number of hydrogen-bond acceptors (Lipinski definition) is 5. The number of nitrogens with zero attached hydrogens (tertiary/aromatic N) is 4. The number of benzene rings is 1. The molecule has 0 radical (unpaired) electrons. The summed E-state index contributed by atoms with van der Waals surface area (Å²) in [7, 11) is 0. The lowest BCUT2D eigenvalue weighted by Gasteiger charge is -2.07. The number of aromatic nitrogens is 4. The van der Waals surface area contributed by atoms with E-state index >= 15 is 0 Å². The van der Waals surface area contributed by atoms with Crippen molar-refractivity contribution >= 4 is 23.1 Å². The summed E-state index contributed by atoms with van der Waals surface area (Å²) in [5.74, 6) is 0.290. The standard InChI is InChI=1S/C21H18N6O2/c28-20(23-13-11-19-26-25-18-6-2-4-14-27(18)19)15-7-9-16(10-8-15)24-21(29)17-5-1-3-12-22-17/h1-10,12,14H,11,13H2,(H,23,28)(H,24,29). The smallest absolute Gasteiger partial charge is 0.274 e. The summed E-state index contributed by atoms with van der Waals surface area (Å²) in [6.07, 6.45) is 4.02. The van der Waals surface area contributed by atoms with Crippen molar-refractivity contribution in [1.82, 2.24) is 24.9 Å². The van der Waals surface area contributed by atoms with E-state index in [0.717, 1.165) is 11.5 Å². The van der Waals surface area contributed by atoms with Gasteiger partial charge in [-0.2, -0.15) is 0 Å². The lowest BCUT2D eigenvalue weighted by atomic mass is 10.2. The Hall–Kier alpha value is -4.07. The molecule has 2 amide bonds. The summed E-state index contributed by atoms with van der Waals surface area (Å²) in [6.45, 7) is 0.437. The van der Waals surface area contributed by atoms with E-state index < -0.39 is 0 Å². The summed E-state index contributed by atoms with van der Waals surface area (Å²) < 4.78 is 1.89. The van der Waals surface area contributed by atoms with Gasteiger partial charge in [0.05, 0.1) is 0 Å². The Morgan fingerprint density at radius 2 is 1.72 bits per heavy atom. The average molecular weight is 386 g/mol. The summed E-state index contributed by atoms with van der Waals surface area (Å²) in [5, 5.41) is 13.9. The predicted molar refractivity (Wildman–Crippen MR) is 108 cm³/mol. The summed E-state index contributed by atoms with van der Waals surface area (Å²) >= 11 is 0. The van der Waals surface area contributed by atoms with Gasteiger partial charge in [-0.25, -0.2) is 0 Å². The van der Waals surface area contributed by atoms with Crippen LogP contribution in [0.4, 0.5) is 5.69 Å². The van der Waals surface area contributed by atoms with Crippen LogP contribution in [0, 0.1) is 0 Å². The molecule has 4 aromatic rings. The molecule has 0 saturated carbocycles. The zero-order valence-corrected chi connectivity index (χ0v) is 15.4. The van der Waals surface area contributed by atoms with Crippen molar-refractivity contribution in [2.75, 3.05) is 11.9 Å². The van der Waals surface area contributed by atoms with Crippen LogP contribution in [0.3, 0.4) is 0 Å². The molecule has 8 nitrogen and oxygen atoms in total. The Morgan fingerprint density at radius 3 is 2.52 bits per heavy atom. The number of nitrogens with one attached hydrogen (secondary N) is 2. The van der Waals surface area contributed by atoms with Crippen LogP contribution in [0.15, 0.2) is 73.1 Å². The van der Waals surface area contributed by atoms with Crippen LogP contribution in [0.1, 0.15) is 26.7 Å². The monoisotopic (exact) mass is 386 g/mol. The number of carbonyl (C=O) groups excluding carboxylic acids is 2. The van der Waals surface area contributed by atoms with Crippen LogP contribution in [0.2, 0.25) is 0 Å². The lowest BCUT2D eigenvalue weighted by molar-refractivity contribution is 0.0953. The summed E-state index contributed by atoms with van der Waals surface area (Å²) in [6, 6.07) is 17.5. The molecule has 4 rings (SSSR count). The molecular weight excluding hydrogens is 368 g/mol. The second-order valence-corrected chi connectivity index (χ2v) is 6.30. The van der Waals surface area contributed by atoms with Gasteiger partial charge >= 0.3 is 0 Å². The first-order chi connectivity index (χ1) is 14.2. The molecule has 0 saturated heterocycles.